The molecule has 1 aliphatic rings. The molecule has 0 amide bonds. The molecule has 0 radical (unpaired) electrons. The Labute approximate surface area is 57.0 Å². The van der Waals surface area contributed by atoms with Crippen LogP contribution in [0.2, 0.25) is 0 Å². The Hall–Kier alpha value is -1.06. The van der Waals surface area contributed by atoms with Gasteiger partial charge in [-0.3, -0.25) is 0 Å². The number of nitrogens with zero attached hydrogens (tertiary/aromatic N) is 1. The molecule has 1 aromatic rings. The van der Waals surface area contributed by atoms with Crippen molar-refractivity contribution in [3.05, 3.63) is 11.3 Å². The lowest BCUT2D eigenvalue weighted by Crippen LogP contribution is -1.88. The molecule has 1 aromatic heterocycles. The summed E-state index contributed by atoms with van der Waals surface area (Å²) in [5.74, 6) is 0.674. The number of halogens is 1. The van der Waals surface area contributed by atoms with E-state index in [2.05, 4.69) is 9.68 Å². The van der Waals surface area contributed by atoms with E-state index in [9.17, 15) is 4.39 Å². The number of nitrogens with two attached hydrogens (primary N) is 1. The van der Waals surface area contributed by atoms with Gasteiger partial charge in [0.25, 0.3) is 0 Å². The summed E-state index contributed by atoms with van der Waals surface area (Å²) in [6, 6.07) is 0. The minimum atomic E-state index is -0.986. The summed E-state index contributed by atoms with van der Waals surface area (Å²) in [7, 11) is 0. The van der Waals surface area contributed by atoms with Gasteiger partial charge in [0.1, 0.15) is 0 Å². The number of nitrogen functional groups attached to an aromatic ring is 1. The van der Waals surface area contributed by atoms with Crippen molar-refractivity contribution in [3.63, 3.8) is 0 Å². The second-order valence-electron chi connectivity index (χ2n) is 2.42. The average Bonchev–Trinajstić information content (AvgIpc) is 2.41. The zero-order chi connectivity index (χ0) is 7.14. The summed E-state index contributed by atoms with van der Waals surface area (Å²) in [6.45, 7) is 0. The van der Waals surface area contributed by atoms with Crippen molar-refractivity contribution in [3.8, 4) is 0 Å². The first-order valence-corrected chi connectivity index (χ1v) is 3.17. The van der Waals surface area contributed by atoms with Gasteiger partial charge in [-0.15, -0.1) is 0 Å². The number of alkyl halides is 1. The van der Waals surface area contributed by atoms with Gasteiger partial charge >= 0.3 is 0 Å². The number of fused-ring (bicyclic) bond motifs is 1. The van der Waals surface area contributed by atoms with Crippen LogP contribution in [-0.4, -0.2) is 5.16 Å². The Kier molecular flexibility index (Phi) is 0.977. The molecule has 1 unspecified atom stereocenters. The third-order valence-electron chi connectivity index (χ3n) is 1.78. The van der Waals surface area contributed by atoms with E-state index in [1.54, 1.807) is 0 Å². The maximum Gasteiger partial charge on any atom is 0.176 e. The van der Waals surface area contributed by atoms with Crippen LogP contribution in [0.25, 0.3) is 0 Å². The molecule has 1 aliphatic carbocycles. The predicted octanol–water partition coefficient (Wildman–Crippen LogP) is 1.21. The van der Waals surface area contributed by atoms with Gasteiger partial charge in [0.05, 0.1) is 0 Å². The summed E-state index contributed by atoms with van der Waals surface area (Å²) < 4.78 is 17.4. The van der Waals surface area contributed by atoms with Crippen molar-refractivity contribution in [1.29, 1.82) is 0 Å². The monoisotopic (exact) mass is 142 g/mol. The highest BCUT2D eigenvalue weighted by Gasteiger charge is 2.29. The lowest BCUT2D eigenvalue weighted by molar-refractivity contribution is 0.261. The minimum absolute atomic E-state index is 0.331. The smallest absolute Gasteiger partial charge is 0.176 e. The lowest BCUT2D eigenvalue weighted by atomic mass is 10.3. The van der Waals surface area contributed by atoms with Gasteiger partial charge in [0.15, 0.2) is 17.7 Å². The topological polar surface area (TPSA) is 52.0 Å². The number of aromatic nitrogens is 1. The highest BCUT2D eigenvalue weighted by atomic mass is 19.1. The first kappa shape index (κ1) is 5.70. The maximum absolute atomic E-state index is 12.7. The van der Waals surface area contributed by atoms with E-state index in [-0.39, 0.29) is 0 Å². The third-order valence-corrected chi connectivity index (χ3v) is 1.78. The van der Waals surface area contributed by atoms with Gasteiger partial charge in [-0.25, -0.2) is 4.39 Å². The van der Waals surface area contributed by atoms with Gasteiger partial charge in [-0.05, 0) is 12.8 Å². The van der Waals surface area contributed by atoms with Gasteiger partial charge in [0, 0.05) is 5.56 Å². The predicted molar refractivity (Wildman–Crippen MR) is 33.1 cm³/mol. The molecule has 54 valence electrons. The Bertz CT molecular complexity index is 258. The molecule has 0 aliphatic heterocycles. The van der Waals surface area contributed by atoms with E-state index in [0.29, 0.717) is 24.4 Å². The molecule has 0 saturated carbocycles. The number of anilines is 1. The molecular formula is C6H7FN2O. The molecule has 1 atom stereocenters. The fraction of sp³-hybridized carbons (Fsp3) is 0.500. The van der Waals surface area contributed by atoms with Crippen molar-refractivity contribution in [2.75, 3.05) is 5.73 Å². The van der Waals surface area contributed by atoms with Crippen LogP contribution in [0.15, 0.2) is 4.52 Å². The van der Waals surface area contributed by atoms with Crippen LogP contribution in [0.3, 0.4) is 0 Å². The molecule has 0 bridgehead atoms. The van der Waals surface area contributed by atoms with E-state index in [1.807, 2.05) is 0 Å². The molecule has 1 heterocycles. The number of hydrogen-bond acceptors (Lipinski definition) is 3. The van der Waals surface area contributed by atoms with Crippen LogP contribution in [0.1, 0.15) is 23.9 Å². The van der Waals surface area contributed by atoms with Crippen molar-refractivity contribution in [1.82, 2.24) is 5.16 Å². The van der Waals surface area contributed by atoms with E-state index >= 15 is 0 Å². The summed E-state index contributed by atoms with van der Waals surface area (Å²) in [6.07, 6.45) is 0.159. The van der Waals surface area contributed by atoms with Crippen molar-refractivity contribution >= 4 is 5.82 Å². The molecule has 10 heavy (non-hydrogen) atoms. The third kappa shape index (κ3) is 0.558. The SMILES string of the molecule is Nc1noc2c1CCC2F. The molecule has 0 fully saturated rings. The Morgan fingerprint density at radius 1 is 1.70 bits per heavy atom. The van der Waals surface area contributed by atoms with E-state index in [0.717, 1.165) is 5.56 Å². The van der Waals surface area contributed by atoms with Crippen molar-refractivity contribution in [2.45, 2.75) is 19.0 Å². The van der Waals surface area contributed by atoms with E-state index < -0.39 is 6.17 Å². The molecule has 2 N–H and O–H groups in total. The van der Waals surface area contributed by atoms with Crippen LogP contribution >= 0.6 is 0 Å². The quantitative estimate of drug-likeness (QED) is 0.592. The Morgan fingerprint density at radius 3 is 3.20 bits per heavy atom. The Morgan fingerprint density at radius 2 is 2.50 bits per heavy atom. The Balaban J connectivity index is 2.53. The fourth-order valence-corrected chi connectivity index (χ4v) is 1.23. The van der Waals surface area contributed by atoms with Gasteiger partial charge < -0.3 is 10.3 Å². The van der Waals surface area contributed by atoms with Crippen LogP contribution in [-0.2, 0) is 6.42 Å². The van der Waals surface area contributed by atoms with Gasteiger partial charge in [-0.1, -0.05) is 5.16 Å². The molecule has 2 rings (SSSR count). The number of hydrogen-bond donors (Lipinski definition) is 1. The highest BCUT2D eigenvalue weighted by Crippen LogP contribution is 2.36. The van der Waals surface area contributed by atoms with E-state index in [1.165, 1.54) is 0 Å². The number of rotatable bonds is 0. The summed E-state index contributed by atoms with van der Waals surface area (Å²) in [5.41, 5.74) is 6.14. The van der Waals surface area contributed by atoms with E-state index in [4.69, 9.17) is 5.73 Å². The zero-order valence-electron chi connectivity index (χ0n) is 5.30. The molecule has 3 nitrogen and oxygen atoms in total. The molecule has 0 aromatic carbocycles. The van der Waals surface area contributed by atoms with Crippen molar-refractivity contribution in [2.24, 2.45) is 0 Å². The normalized spacial score (nSPS) is 23.1. The summed E-state index contributed by atoms with van der Waals surface area (Å²) >= 11 is 0. The first-order valence-electron chi connectivity index (χ1n) is 3.17. The van der Waals surface area contributed by atoms with Gasteiger partial charge in [0.2, 0.25) is 0 Å². The average molecular weight is 142 g/mol. The maximum atomic E-state index is 12.7. The van der Waals surface area contributed by atoms with Crippen LogP contribution < -0.4 is 5.73 Å². The second kappa shape index (κ2) is 1.71. The standard InChI is InChI=1S/C6H7FN2O/c7-4-2-1-3-5(4)10-9-6(3)8/h4H,1-2H2,(H2,8,9). The second-order valence-corrected chi connectivity index (χ2v) is 2.42. The van der Waals surface area contributed by atoms with Crippen molar-refractivity contribution < 1.29 is 8.91 Å². The first-order chi connectivity index (χ1) is 4.79. The summed E-state index contributed by atoms with van der Waals surface area (Å²) in [5, 5.41) is 3.45. The highest BCUT2D eigenvalue weighted by molar-refractivity contribution is 5.43. The van der Waals surface area contributed by atoms with Crippen LogP contribution in [0.5, 0.6) is 0 Å². The largest absolute Gasteiger partial charge is 0.381 e. The minimum Gasteiger partial charge on any atom is -0.381 e. The summed E-state index contributed by atoms with van der Waals surface area (Å²) in [4.78, 5) is 0. The van der Waals surface area contributed by atoms with Gasteiger partial charge in [-0.2, -0.15) is 0 Å². The fourth-order valence-electron chi connectivity index (χ4n) is 1.23. The molecular weight excluding hydrogens is 135 g/mol. The molecule has 0 spiro atoms. The van der Waals surface area contributed by atoms with Crippen LogP contribution in [0.4, 0.5) is 10.2 Å². The molecule has 0 saturated heterocycles. The lowest BCUT2D eigenvalue weighted by Gasteiger charge is -1.89. The molecule has 4 heteroatoms. The van der Waals surface area contributed by atoms with Crippen LogP contribution in [0, 0.1) is 0 Å². The zero-order valence-corrected chi connectivity index (χ0v) is 5.30.